The van der Waals surface area contributed by atoms with Crippen LogP contribution in [0.3, 0.4) is 0 Å². The molecule has 0 radical (unpaired) electrons. The van der Waals surface area contributed by atoms with E-state index in [0.717, 1.165) is 18.3 Å². The van der Waals surface area contributed by atoms with Crippen molar-refractivity contribution in [1.29, 1.82) is 0 Å². The maximum atomic E-state index is 12.8. The number of alkyl halides is 3. The van der Waals surface area contributed by atoms with Gasteiger partial charge in [-0.05, 0) is 18.2 Å². The van der Waals surface area contributed by atoms with E-state index in [0.29, 0.717) is 6.20 Å². The Balaban J connectivity index is 2.64. The molecule has 0 saturated carbocycles. The third kappa shape index (κ3) is 4.09. The molecule has 1 heterocycles. The second-order valence-corrected chi connectivity index (χ2v) is 6.43. The molecule has 1 aromatic carbocycles. The average Bonchev–Trinajstić information content (AvgIpc) is 2.45. The Labute approximate surface area is 135 Å². The molecule has 0 aliphatic rings. The Morgan fingerprint density at radius 3 is 2.42 bits per heavy atom. The lowest BCUT2D eigenvalue weighted by atomic mass is 10.1. The molecular formula is C14H12F3N3O3S. The zero-order valence-electron chi connectivity index (χ0n) is 12.3. The Hall–Kier alpha value is -2.46. The van der Waals surface area contributed by atoms with Crippen molar-refractivity contribution in [1.82, 2.24) is 4.98 Å². The molecule has 0 bridgehead atoms. The molecule has 128 valence electrons. The fourth-order valence-electron chi connectivity index (χ4n) is 2.02. The van der Waals surface area contributed by atoms with E-state index < -0.39 is 32.6 Å². The minimum Gasteiger partial charge on any atom is -0.326 e. The number of benzene rings is 1. The quantitative estimate of drug-likeness (QED) is 0.878. The van der Waals surface area contributed by atoms with Gasteiger partial charge in [-0.15, -0.1) is 0 Å². The number of hydrogen-bond acceptors (Lipinski definition) is 4. The fraction of sp³-hybridized carbons (Fsp3) is 0.143. The van der Waals surface area contributed by atoms with Gasteiger partial charge in [-0.25, -0.2) is 13.6 Å². The standard InChI is InChI=1S/C14H12F3N3O3S/c1-8(21)20-11-2-3-12(13(5-11)24(18,22)23)9-4-10(7-19-6-9)14(15,16)17/h2-7H,1H3,(H,20,21)(H2,18,22,23). The van der Waals surface area contributed by atoms with E-state index in [9.17, 15) is 26.4 Å². The lowest BCUT2D eigenvalue weighted by molar-refractivity contribution is -0.137. The first-order chi connectivity index (χ1) is 11.0. The number of aromatic nitrogens is 1. The van der Waals surface area contributed by atoms with E-state index in [2.05, 4.69) is 10.3 Å². The number of anilines is 1. The van der Waals surface area contributed by atoms with Gasteiger partial charge in [-0.3, -0.25) is 9.78 Å². The molecule has 24 heavy (non-hydrogen) atoms. The highest BCUT2D eigenvalue weighted by atomic mass is 32.2. The van der Waals surface area contributed by atoms with Gasteiger partial charge in [-0.1, -0.05) is 6.07 Å². The molecule has 2 aromatic rings. The second-order valence-electron chi connectivity index (χ2n) is 4.90. The van der Waals surface area contributed by atoms with Gasteiger partial charge in [0.25, 0.3) is 0 Å². The van der Waals surface area contributed by atoms with Gasteiger partial charge in [0, 0.05) is 36.1 Å². The lowest BCUT2D eigenvalue weighted by Crippen LogP contribution is -2.15. The first-order valence-corrected chi connectivity index (χ1v) is 8.00. The Morgan fingerprint density at radius 2 is 1.88 bits per heavy atom. The van der Waals surface area contributed by atoms with Gasteiger partial charge < -0.3 is 5.32 Å². The normalized spacial score (nSPS) is 12.0. The molecule has 1 amide bonds. The van der Waals surface area contributed by atoms with Crippen LogP contribution in [0.25, 0.3) is 11.1 Å². The van der Waals surface area contributed by atoms with Crippen LogP contribution in [-0.4, -0.2) is 19.3 Å². The largest absolute Gasteiger partial charge is 0.417 e. The number of carbonyl (C=O) groups excluding carboxylic acids is 1. The monoisotopic (exact) mass is 359 g/mol. The minimum atomic E-state index is -4.62. The molecule has 0 spiro atoms. The number of nitrogens with one attached hydrogen (secondary N) is 1. The van der Waals surface area contributed by atoms with Crippen molar-refractivity contribution >= 4 is 21.6 Å². The molecule has 0 saturated heterocycles. The number of pyridine rings is 1. The van der Waals surface area contributed by atoms with Crippen molar-refractivity contribution in [2.75, 3.05) is 5.32 Å². The van der Waals surface area contributed by atoms with Crippen molar-refractivity contribution in [3.63, 3.8) is 0 Å². The van der Waals surface area contributed by atoms with E-state index in [4.69, 9.17) is 5.14 Å². The summed E-state index contributed by atoms with van der Waals surface area (Å²) in [6, 6.07) is 4.45. The number of nitrogens with two attached hydrogens (primary N) is 1. The molecule has 1 aromatic heterocycles. The third-order valence-electron chi connectivity index (χ3n) is 2.99. The molecule has 6 nitrogen and oxygen atoms in total. The van der Waals surface area contributed by atoms with Crippen LogP contribution in [0.15, 0.2) is 41.6 Å². The molecule has 3 N–H and O–H groups in total. The van der Waals surface area contributed by atoms with E-state index >= 15 is 0 Å². The van der Waals surface area contributed by atoms with Gasteiger partial charge in [-0.2, -0.15) is 13.2 Å². The van der Waals surface area contributed by atoms with Crippen molar-refractivity contribution < 1.29 is 26.4 Å². The number of halogens is 3. The van der Waals surface area contributed by atoms with Crippen LogP contribution in [-0.2, 0) is 21.0 Å². The summed E-state index contributed by atoms with van der Waals surface area (Å²) < 4.78 is 61.9. The van der Waals surface area contributed by atoms with Crippen molar-refractivity contribution in [3.05, 3.63) is 42.2 Å². The van der Waals surface area contributed by atoms with Gasteiger partial charge >= 0.3 is 6.18 Å². The molecule has 2 rings (SSSR count). The molecular weight excluding hydrogens is 347 g/mol. The van der Waals surface area contributed by atoms with E-state index in [1.807, 2.05) is 0 Å². The van der Waals surface area contributed by atoms with Crippen LogP contribution in [0.4, 0.5) is 18.9 Å². The smallest absolute Gasteiger partial charge is 0.326 e. The summed E-state index contributed by atoms with van der Waals surface area (Å²) in [5, 5.41) is 7.51. The van der Waals surface area contributed by atoms with E-state index in [-0.39, 0.29) is 16.8 Å². The Kier molecular flexibility index (Phi) is 4.63. The zero-order chi connectivity index (χ0) is 18.1. The summed E-state index contributed by atoms with van der Waals surface area (Å²) in [5.41, 5.74) is -0.991. The van der Waals surface area contributed by atoms with Crippen molar-refractivity contribution in [3.8, 4) is 11.1 Å². The van der Waals surface area contributed by atoms with Gasteiger partial charge in [0.15, 0.2) is 0 Å². The summed E-state index contributed by atoms with van der Waals surface area (Å²) in [6.07, 6.45) is -2.90. The number of amides is 1. The van der Waals surface area contributed by atoms with Crippen LogP contribution in [0.5, 0.6) is 0 Å². The topological polar surface area (TPSA) is 102 Å². The van der Waals surface area contributed by atoms with Crippen LogP contribution < -0.4 is 10.5 Å². The summed E-state index contributed by atoms with van der Waals surface area (Å²) in [6.45, 7) is 1.22. The Bertz CT molecular complexity index is 896. The second kappa shape index (κ2) is 6.21. The first-order valence-electron chi connectivity index (χ1n) is 6.45. The van der Waals surface area contributed by atoms with Crippen molar-refractivity contribution in [2.24, 2.45) is 5.14 Å². The van der Waals surface area contributed by atoms with Gasteiger partial charge in [0.1, 0.15) is 0 Å². The van der Waals surface area contributed by atoms with Gasteiger partial charge in [0.05, 0.1) is 10.5 Å². The predicted molar refractivity (Wildman–Crippen MR) is 80.4 cm³/mol. The maximum absolute atomic E-state index is 12.8. The first kappa shape index (κ1) is 17.9. The SMILES string of the molecule is CC(=O)Nc1ccc(-c2cncc(C(F)(F)F)c2)c(S(N)(=O)=O)c1. The maximum Gasteiger partial charge on any atom is 0.417 e. The number of primary sulfonamides is 1. The molecule has 0 atom stereocenters. The molecule has 0 aliphatic carbocycles. The molecule has 0 fully saturated rings. The van der Waals surface area contributed by atoms with Crippen LogP contribution >= 0.6 is 0 Å². The molecule has 0 aliphatic heterocycles. The predicted octanol–water partition coefficient (Wildman–Crippen LogP) is 2.37. The zero-order valence-corrected chi connectivity index (χ0v) is 13.1. The summed E-state index contributed by atoms with van der Waals surface area (Å²) in [4.78, 5) is 14.1. The highest BCUT2D eigenvalue weighted by Gasteiger charge is 2.31. The lowest BCUT2D eigenvalue weighted by Gasteiger charge is -2.12. The summed E-state index contributed by atoms with van der Waals surface area (Å²) in [5.74, 6) is -0.441. The number of nitrogens with zero attached hydrogens (tertiary/aromatic N) is 1. The fourth-order valence-corrected chi connectivity index (χ4v) is 2.80. The van der Waals surface area contributed by atoms with Crippen LogP contribution in [0.1, 0.15) is 12.5 Å². The number of rotatable bonds is 3. The van der Waals surface area contributed by atoms with E-state index in [1.54, 1.807) is 0 Å². The highest BCUT2D eigenvalue weighted by molar-refractivity contribution is 7.89. The highest BCUT2D eigenvalue weighted by Crippen LogP contribution is 2.34. The number of carbonyl (C=O) groups is 1. The summed E-state index contributed by atoms with van der Waals surface area (Å²) in [7, 11) is -4.25. The minimum absolute atomic E-state index is 0.0507. The van der Waals surface area contributed by atoms with Crippen LogP contribution in [0.2, 0.25) is 0 Å². The molecule has 0 unspecified atom stereocenters. The average molecular weight is 359 g/mol. The number of sulfonamides is 1. The Morgan fingerprint density at radius 1 is 1.21 bits per heavy atom. The van der Waals surface area contributed by atoms with Crippen LogP contribution in [0, 0.1) is 0 Å². The van der Waals surface area contributed by atoms with Crippen molar-refractivity contribution in [2.45, 2.75) is 18.0 Å². The van der Waals surface area contributed by atoms with E-state index in [1.165, 1.54) is 19.1 Å². The number of hydrogen-bond donors (Lipinski definition) is 2. The summed E-state index contributed by atoms with van der Waals surface area (Å²) >= 11 is 0. The third-order valence-corrected chi connectivity index (χ3v) is 3.94. The molecule has 10 heteroatoms. The van der Waals surface area contributed by atoms with Gasteiger partial charge in [0.2, 0.25) is 15.9 Å².